The Morgan fingerprint density at radius 3 is 3.16 bits per heavy atom. The lowest BCUT2D eigenvalue weighted by molar-refractivity contribution is -0.122. The molecule has 2 rings (SSSR count). The minimum Gasteiger partial charge on any atom is -0.454 e. The zero-order valence-electron chi connectivity index (χ0n) is 10.9. The smallest absolute Gasteiger partial charge is 0.237 e. The number of carbonyl (C=O) groups excluding carboxylic acids is 1. The summed E-state index contributed by atoms with van der Waals surface area (Å²) in [6, 6.07) is 5.45. The first kappa shape index (κ1) is 13.4. The lowest BCUT2D eigenvalue weighted by atomic mass is 10.1. The summed E-state index contributed by atoms with van der Waals surface area (Å²) in [7, 11) is 0. The van der Waals surface area contributed by atoms with Crippen LogP contribution in [0.3, 0.4) is 0 Å². The van der Waals surface area contributed by atoms with Gasteiger partial charge in [-0.3, -0.25) is 4.79 Å². The van der Waals surface area contributed by atoms with E-state index in [1.54, 1.807) is 6.08 Å². The number of para-hydroxylation sites is 1. The number of fused-ring (bicyclic) bond motifs is 1. The third kappa shape index (κ3) is 3.26. The molecule has 1 amide bonds. The number of benzene rings is 1. The van der Waals surface area contributed by atoms with E-state index in [4.69, 9.17) is 9.47 Å². The molecule has 1 aliphatic rings. The molecule has 2 N–H and O–H groups in total. The zero-order chi connectivity index (χ0) is 13.7. The van der Waals surface area contributed by atoms with E-state index in [-0.39, 0.29) is 18.7 Å². The second kappa shape index (κ2) is 6.24. The maximum absolute atomic E-state index is 11.7. The van der Waals surface area contributed by atoms with Crippen LogP contribution in [-0.2, 0) is 11.3 Å². The largest absolute Gasteiger partial charge is 0.454 e. The first-order chi connectivity index (χ1) is 9.22. The van der Waals surface area contributed by atoms with Crippen LogP contribution in [0.25, 0.3) is 0 Å². The molecule has 1 aliphatic heterocycles. The van der Waals surface area contributed by atoms with Gasteiger partial charge in [0, 0.05) is 18.7 Å². The highest BCUT2D eigenvalue weighted by Crippen LogP contribution is 2.35. The normalized spacial score (nSPS) is 13.9. The van der Waals surface area contributed by atoms with Crippen molar-refractivity contribution < 1.29 is 14.3 Å². The molecule has 0 aromatic heterocycles. The van der Waals surface area contributed by atoms with E-state index in [0.717, 1.165) is 17.1 Å². The summed E-state index contributed by atoms with van der Waals surface area (Å²) >= 11 is 0. The van der Waals surface area contributed by atoms with E-state index in [9.17, 15) is 4.79 Å². The molecule has 1 aromatic rings. The fraction of sp³-hybridized carbons (Fsp3) is 0.357. The van der Waals surface area contributed by atoms with Gasteiger partial charge in [-0.15, -0.1) is 6.58 Å². The van der Waals surface area contributed by atoms with Crippen LogP contribution >= 0.6 is 0 Å². The molecule has 0 spiro atoms. The molecule has 5 heteroatoms. The fourth-order valence-electron chi connectivity index (χ4n) is 1.81. The predicted molar refractivity (Wildman–Crippen MR) is 72.1 cm³/mol. The summed E-state index contributed by atoms with van der Waals surface area (Å²) in [5.41, 5.74) is 0.985. The van der Waals surface area contributed by atoms with Gasteiger partial charge < -0.3 is 20.1 Å². The molecule has 0 saturated carbocycles. The SMILES string of the molecule is C=CCNC(=O)C(C)NCc1cccc2c1OCO2. The Labute approximate surface area is 112 Å². The third-order valence-corrected chi connectivity index (χ3v) is 2.89. The number of hydrogen-bond acceptors (Lipinski definition) is 4. The van der Waals surface area contributed by atoms with Crippen LogP contribution in [-0.4, -0.2) is 25.3 Å². The van der Waals surface area contributed by atoms with Crippen molar-refractivity contribution in [2.24, 2.45) is 0 Å². The lowest BCUT2D eigenvalue weighted by Crippen LogP contribution is -2.41. The predicted octanol–water partition coefficient (Wildman–Crippen LogP) is 1.20. The molecular weight excluding hydrogens is 244 g/mol. The van der Waals surface area contributed by atoms with Gasteiger partial charge >= 0.3 is 0 Å². The maximum Gasteiger partial charge on any atom is 0.237 e. The lowest BCUT2D eigenvalue weighted by Gasteiger charge is -2.14. The molecule has 1 atom stereocenters. The summed E-state index contributed by atoms with van der Waals surface area (Å²) in [6.45, 7) is 6.65. The average Bonchev–Trinajstić information content (AvgIpc) is 2.90. The van der Waals surface area contributed by atoms with Gasteiger partial charge in [0.25, 0.3) is 0 Å². The van der Waals surface area contributed by atoms with Crippen molar-refractivity contribution in [1.82, 2.24) is 10.6 Å². The van der Waals surface area contributed by atoms with Gasteiger partial charge in [0.2, 0.25) is 12.7 Å². The maximum atomic E-state index is 11.7. The average molecular weight is 262 g/mol. The van der Waals surface area contributed by atoms with Gasteiger partial charge in [-0.25, -0.2) is 0 Å². The Hall–Kier alpha value is -2.01. The number of rotatable bonds is 6. The van der Waals surface area contributed by atoms with Crippen molar-refractivity contribution in [2.75, 3.05) is 13.3 Å². The van der Waals surface area contributed by atoms with Crippen molar-refractivity contribution in [1.29, 1.82) is 0 Å². The molecule has 0 fully saturated rings. The molecule has 1 heterocycles. The van der Waals surface area contributed by atoms with Crippen LogP contribution in [0.1, 0.15) is 12.5 Å². The Bertz CT molecular complexity index is 474. The molecular formula is C14H18N2O3. The Morgan fingerprint density at radius 1 is 1.53 bits per heavy atom. The highest BCUT2D eigenvalue weighted by Gasteiger charge is 2.18. The van der Waals surface area contributed by atoms with Crippen molar-refractivity contribution in [3.05, 3.63) is 36.4 Å². The third-order valence-electron chi connectivity index (χ3n) is 2.89. The van der Waals surface area contributed by atoms with Crippen molar-refractivity contribution in [3.63, 3.8) is 0 Å². The Morgan fingerprint density at radius 2 is 2.37 bits per heavy atom. The molecule has 0 saturated heterocycles. The summed E-state index contributed by atoms with van der Waals surface area (Å²) in [5.74, 6) is 1.46. The van der Waals surface area contributed by atoms with Gasteiger partial charge in [-0.2, -0.15) is 0 Å². The van der Waals surface area contributed by atoms with Gasteiger partial charge in [0.05, 0.1) is 6.04 Å². The number of ether oxygens (including phenoxy) is 2. The summed E-state index contributed by atoms with van der Waals surface area (Å²) in [5, 5.41) is 5.90. The number of nitrogens with one attached hydrogen (secondary N) is 2. The summed E-state index contributed by atoms with van der Waals surface area (Å²) in [6.07, 6.45) is 1.65. The van der Waals surface area contributed by atoms with Crippen LogP contribution in [0.5, 0.6) is 11.5 Å². The fourth-order valence-corrected chi connectivity index (χ4v) is 1.81. The highest BCUT2D eigenvalue weighted by molar-refractivity contribution is 5.81. The molecule has 1 aromatic carbocycles. The first-order valence-corrected chi connectivity index (χ1v) is 6.22. The minimum atomic E-state index is -0.280. The van der Waals surface area contributed by atoms with Crippen molar-refractivity contribution in [3.8, 4) is 11.5 Å². The molecule has 19 heavy (non-hydrogen) atoms. The topological polar surface area (TPSA) is 59.6 Å². The number of amides is 1. The highest BCUT2D eigenvalue weighted by atomic mass is 16.7. The molecule has 0 aliphatic carbocycles. The van der Waals surface area contributed by atoms with Crippen LogP contribution in [0.2, 0.25) is 0 Å². The monoisotopic (exact) mass is 262 g/mol. The second-order valence-corrected chi connectivity index (χ2v) is 4.29. The van der Waals surface area contributed by atoms with E-state index in [2.05, 4.69) is 17.2 Å². The van der Waals surface area contributed by atoms with E-state index >= 15 is 0 Å². The van der Waals surface area contributed by atoms with Gasteiger partial charge in [-0.05, 0) is 13.0 Å². The molecule has 1 unspecified atom stereocenters. The minimum absolute atomic E-state index is 0.0513. The standard InChI is InChI=1S/C14H18N2O3/c1-3-7-15-14(17)10(2)16-8-11-5-4-6-12-13(11)19-9-18-12/h3-6,10,16H,1,7-9H2,2H3,(H,15,17). The van der Waals surface area contributed by atoms with Crippen LogP contribution in [0, 0.1) is 0 Å². The quantitative estimate of drug-likeness (QED) is 0.756. The van der Waals surface area contributed by atoms with Crippen LogP contribution < -0.4 is 20.1 Å². The molecule has 0 radical (unpaired) electrons. The van der Waals surface area contributed by atoms with E-state index in [1.807, 2.05) is 25.1 Å². The summed E-state index contributed by atoms with van der Waals surface area (Å²) < 4.78 is 10.7. The van der Waals surface area contributed by atoms with E-state index in [0.29, 0.717) is 13.1 Å². The van der Waals surface area contributed by atoms with E-state index in [1.165, 1.54) is 0 Å². The molecule has 5 nitrogen and oxygen atoms in total. The number of hydrogen-bond donors (Lipinski definition) is 2. The zero-order valence-corrected chi connectivity index (χ0v) is 10.9. The van der Waals surface area contributed by atoms with Gasteiger partial charge in [-0.1, -0.05) is 18.2 Å². The Kier molecular flexibility index (Phi) is 4.41. The van der Waals surface area contributed by atoms with Crippen molar-refractivity contribution in [2.45, 2.75) is 19.5 Å². The Balaban J connectivity index is 1.90. The van der Waals surface area contributed by atoms with Crippen molar-refractivity contribution >= 4 is 5.91 Å². The second-order valence-electron chi connectivity index (χ2n) is 4.29. The van der Waals surface area contributed by atoms with Gasteiger partial charge in [0.15, 0.2) is 11.5 Å². The number of carbonyl (C=O) groups is 1. The summed E-state index contributed by atoms with van der Waals surface area (Å²) in [4.78, 5) is 11.7. The molecule has 0 bridgehead atoms. The van der Waals surface area contributed by atoms with Crippen LogP contribution in [0.15, 0.2) is 30.9 Å². The van der Waals surface area contributed by atoms with Crippen LogP contribution in [0.4, 0.5) is 0 Å². The van der Waals surface area contributed by atoms with Gasteiger partial charge in [0.1, 0.15) is 0 Å². The first-order valence-electron chi connectivity index (χ1n) is 6.22. The van der Waals surface area contributed by atoms with E-state index < -0.39 is 0 Å². The molecule has 102 valence electrons.